The summed E-state index contributed by atoms with van der Waals surface area (Å²) in [6.07, 6.45) is 4.12. The van der Waals surface area contributed by atoms with Gasteiger partial charge in [0.25, 0.3) is 0 Å². The minimum Gasteiger partial charge on any atom is -0.321 e. The number of allylic oxidation sites excluding steroid dienone is 4. The molecule has 1 aliphatic rings. The van der Waals surface area contributed by atoms with Crippen molar-refractivity contribution in [3.8, 4) is 0 Å². The van der Waals surface area contributed by atoms with E-state index in [1.54, 1.807) is 13.0 Å². The summed E-state index contributed by atoms with van der Waals surface area (Å²) >= 11 is 0. The lowest BCUT2D eigenvalue weighted by Crippen LogP contribution is -2.12. The zero-order valence-electron chi connectivity index (χ0n) is 8.11. The second-order valence-electron chi connectivity index (χ2n) is 4.21. The first-order valence-corrected chi connectivity index (χ1v) is 5.79. The number of rotatable bonds is 1. The van der Waals surface area contributed by atoms with E-state index in [1.807, 2.05) is 19.9 Å². The lowest BCUT2D eigenvalue weighted by molar-refractivity contribution is 0.381. The van der Waals surface area contributed by atoms with Crippen molar-refractivity contribution in [2.45, 2.75) is 27.2 Å². The minimum absolute atomic E-state index is 0.0166. The first-order chi connectivity index (χ1) is 5.72. The molecular weight excluding hydrogens is 187 g/mol. The first kappa shape index (κ1) is 10.7. The Hall–Kier alpha value is -0.370. The average Bonchev–Trinajstić information content (AvgIpc) is 1.80. The molecule has 13 heavy (non-hydrogen) atoms. The van der Waals surface area contributed by atoms with Gasteiger partial charge >= 0.3 is 7.60 Å². The van der Waals surface area contributed by atoms with E-state index in [-0.39, 0.29) is 10.7 Å². The van der Waals surface area contributed by atoms with Gasteiger partial charge in [-0.25, -0.2) is 0 Å². The van der Waals surface area contributed by atoms with Crippen molar-refractivity contribution in [3.05, 3.63) is 23.0 Å². The van der Waals surface area contributed by atoms with Gasteiger partial charge in [-0.15, -0.1) is 0 Å². The predicted octanol–water partition coefficient (Wildman–Crippen LogP) is 2.42. The van der Waals surface area contributed by atoms with Crippen LogP contribution in [0.3, 0.4) is 0 Å². The highest BCUT2D eigenvalue weighted by Crippen LogP contribution is 2.51. The number of hydrogen-bond acceptors (Lipinski definition) is 1. The van der Waals surface area contributed by atoms with Crippen LogP contribution in [0.15, 0.2) is 23.0 Å². The standard InChI is InChI=1S/C9H15O3P/c1-7-6-9(2,3)5-4-8(7)13(10,11)12/h4-5H,6H2,1-3H3,(H2,10,11,12). The van der Waals surface area contributed by atoms with E-state index in [2.05, 4.69) is 0 Å². The highest BCUT2D eigenvalue weighted by Gasteiger charge is 2.28. The molecule has 0 unspecified atom stereocenters. The third-order valence-electron chi connectivity index (χ3n) is 2.16. The van der Waals surface area contributed by atoms with Crippen LogP contribution in [0.5, 0.6) is 0 Å². The van der Waals surface area contributed by atoms with Crippen molar-refractivity contribution < 1.29 is 14.4 Å². The van der Waals surface area contributed by atoms with Gasteiger partial charge in [0, 0.05) is 0 Å². The minimum atomic E-state index is -4.06. The van der Waals surface area contributed by atoms with E-state index in [1.165, 1.54) is 0 Å². The second-order valence-corrected chi connectivity index (χ2v) is 5.78. The van der Waals surface area contributed by atoms with Crippen molar-refractivity contribution in [1.82, 2.24) is 0 Å². The summed E-state index contributed by atoms with van der Waals surface area (Å²) in [6.45, 7) is 5.87. The van der Waals surface area contributed by atoms with E-state index >= 15 is 0 Å². The van der Waals surface area contributed by atoms with E-state index in [0.717, 1.165) is 5.57 Å². The smallest absolute Gasteiger partial charge is 0.321 e. The molecule has 4 heteroatoms. The SMILES string of the molecule is CC1=C(P(=O)(O)O)C=CC(C)(C)C1. The quantitative estimate of drug-likeness (QED) is 0.642. The monoisotopic (exact) mass is 202 g/mol. The molecule has 0 saturated heterocycles. The molecule has 0 bridgehead atoms. The van der Waals surface area contributed by atoms with Crippen LogP contribution in [0.4, 0.5) is 0 Å². The topological polar surface area (TPSA) is 57.5 Å². The number of hydrogen-bond donors (Lipinski definition) is 2. The summed E-state index contributed by atoms with van der Waals surface area (Å²) in [7, 11) is -4.06. The fourth-order valence-electron chi connectivity index (χ4n) is 1.63. The summed E-state index contributed by atoms with van der Waals surface area (Å²) in [4.78, 5) is 18.0. The molecule has 0 heterocycles. The van der Waals surface area contributed by atoms with Gasteiger partial charge in [-0.05, 0) is 18.8 Å². The highest BCUT2D eigenvalue weighted by atomic mass is 31.2. The summed E-state index contributed by atoms with van der Waals surface area (Å²) in [5, 5.41) is 0.187. The Morgan fingerprint density at radius 1 is 1.46 bits per heavy atom. The zero-order valence-corrected chi connectivity index (χ0v) is 9.01. The second kappa shape index (κ2) is 3.09. The molecule has 3 nitrogen and oxygen atoms in total. The van der Waals surface area contributed by atoms with Crippen molar-refractivity contribution in [1.29, 1.82) is 0 Å². The van der Waals surface area contributed by atoms with Crippen molar-refractivity contribution in [2.24, 2.45) is 5.41 Å². The normalized spacial score (nSPS) is 22.2. The van der Waals surface area contributed by atoms with Crippen molar-refractivity contribution >= 4 is 7.60 Å². The van der Waals surface area contributed by atoms with Gasteiger partial charge < -0.3 is 9.79 Å². The lowest BCUT2D eigenvalue weighted by atomic mass is 9.82. The largest absolute Gasteiger partial charge is 0.356 e. The predicted molar refractivity (Wildman–Crippen MR) is 52.3 cm³/mol. The fraction of sp³-hybridized carbons (Fsp3) is 0.556. The third-order valence-corrected chi connectivity index (χ3v) is 3.32. The first-order valence-electron chi connectivity index (χ1n) is 4.17. The van der Waals surface area contributed by atoms with Crippen LogP contribution in [0.2, 0.25) is 0 Å². The van der Waals surface area contributed by atoms with Crippen LogP contribution in [0.25, 0.3) is 0 Å². The van der Waals surface area contributed by atoms with Gasteiger partial charge in [-0.3, -0.25) is 4.57 Å². The summed E-state index contributed by atoms with van der Waals surface area (Å²) < 4.78 is 11.0. The van der Waals surface area contributed by atoms with Gasteiger partial charge in [-0.2, -0.15) is 0 Å². The van der Waals surface area contributed by atoms with E-state index in [9.17, 15) is 4.57 Å². The maximum absolute atomic E-state index is 11.0. The zero-order chi connectivity index (χ0) is 10.3. The molecule has 0 spiro atoms. The van der Waals surface area contributed by atoms with Gasteiger partial charge in [0.15, 0.2) is 0 Å². The molecule has 2 N–H and O–H groups in total. The highest BCUT2D eigenvalue weighted by molar-refractivity contribution is 7.56. The van der Waals surface area contributed by atoms with Gasteiger partial charge in [0.2, 0.25) is 0 Å². The molecule has 0 atom stereocenters. The van der Waals surface area contributed by atoms with Crippen LogP contribution in [0.1, 0.15) is 27.2 Å². The molecule has 0 fully saturated rings. The van der Waals surface area contributed by atoms with Crippen LogP contribution >= 0.6 is 7.60 Å². The van der Waals surface area contributed by atoms with Crippen molar-refractivity contribution in [2.75, 3.05) is 0 Å². The van der Waals surface area contributed by atoms with Crippen LogP contribution in [-0.4, -0.2) is 9.79 Å². The van der Waals surface area contributed by atoms with Gasteiger partial charge in [0.1, 0.15) is 0 Å². The average molecular weight is 202 g/mol. The maximum atomic E-state index is 11.0. The molecule has 0 saturated carbocycles. The molecule has 74 valence electrons. The molecule has 1 rings (SSSR count). The molecule has 0 aromatic carbocycles. The van der Waals surface area contributed by atoms with E-state index in [4.69, 9.17) is 9.79 Å². The Bertz CT molecular complexity index is 320. The Labute approximate surface area is 78.3 Å². The third kappa shape index (κ3) is 2.53. The molecule has 0 radical (unpaired) electrons. The fourth-order valence-corrected chi connectivity index (χ4v) is 2.47. The van der Waals surface area contributed by atoms with Crippen LogP contribution < -0.4 is 0 Å². The van der Waals surface area contributed by atoms with Gasteiger partial charge in [0.05, 0.1) is 5.31 Å². The molecule has 0 amide bonds. The Morgan fingerprint density at radius 2 is 2.00 bits per heavy atom. The van der Waals surface area contributed by atoms with E-state index in [0.29, 0.717) is 6.42 Å². The molecule has 0 aromatic heterocycles. The van der Waals surface area contributed by atoms with Crippen molar-refractivity contribution in [3.63, 3.8) is 0 Å². The molecule has 1 aliphatic carbocycles. The molecular formula is C9H15O3P. The lowest BCUT2D eigenvalue weighted by Gasteiger charge is -2.26. The van der Waals surface area contributed by atoms with E-state index < -0.39 is 7.60 Å². The van der Waals surface area contributed by atoms with Crippen LogP contribution in [-0.2, 0) is 4.57 Å². The Kier molecular flexibility index (Phi) is 2.54. The summed E-state index contributed by atoms with van der Waals surface area (Å²) in [6, 6.07) is 0. The van der Waals surface area contributed by atoms with Gasteiger partial charge in [-0.1, -0.05) is 31.6 Å². The molecule has 0 aromatic rings. The summed E-state index contributed by atoms with van der Waals surface area (Å²) in [5.41, 5.74) is 0.809. The molecule has 0 aliphatic heterocycles. The van der Waals surface area contributed by atoms with Crippen LogP contribution in [0, 0.1) is 5.41 Å². The Morgan fingerprint density at radius 3 is 2.38 bits per heavy atom. The maximum Gasteiger partial charge on any atom is 0.356 e. The Balaban J connectivity index is 3.06. The summed E-state index contributed by atoms with van der Waals surface area (Å²) in [5.74, 6) is 0.